The summed E-state index contributed by atoms with van der Waals surface area (Å²) in [5.41, 5.74) is 7.64. The molecule has 0 aromatic carbocycles. The number of aliphatic carboxylic acids is 1. The van der Waals surface area contributed by atoms with Crippen LogP contribution in [0.15, 0.2) is 69.9 Å². The van der Waals surface area contributed by atoms with Gasteiger partial charge in [-0.15, -0.1) is 0 Å². The van der Waals surface area contributed by atoms with Crippen molar-refractivity contribution in [3.05, 3.63) is 69.9 Å². The molecule has 0 saturated heterocycles. The summed E-state index contributed by atoms with van der Waals surface area (Å²) in [7, 11) is 0. The molecule has 0 aliphatic carbocycles. The van der Waals surface area contributed by atoms with E-state index in [0.717, 1.165) is 57.8 Å². The van der Waals surface area contributed by atoms with E-state index in [0.29, 0.717) is 5.57 Å². The van der Waals surface area contributed by atoms with Gasteiger partial charge in [0, 0.05) is 5.57 Å². The number of hydrogen-bond acceptors (Lipinski definition) is 1. The maximum Gasteiger partial charge on any atom is 0.330 e. The summed E-state index contributed by atoms with van der Waals surface area (Å²) in [4.78, 5) is 10.8. The quantitative estimate of drug-likeness (QED) is 0.147. The first kappa shape index (κ1) is 29.9. The van der Waals surface area contributed by atoms with Crippen LogP contribution in [0.5, 0.6) is 0 Å². The summed E-state index contributed by atoms with van der Waals surface area (Å²) in [5, 5.41) is 8.87. The Labute approximate surface area is 198 Å². The third-order valence-electron chi connectivity index (χ3n) is 5.63. The van der Waals surface area contributed by atoms with E-state index in [2.05, 4.69) is 71.9 Å². The maximum absolute atomic E-state index is 10.8. The van der Waals surface area contributed by atoms with E-state index in [1.54, 1.807) is 6.92 Å². The molecule has 32 heavy (non-hydrogen) atoms. The average Bonchev–Trinajstić information content (AvgIpc) is 2.70. The van der Waals surface area contributed by atoms with Crippen molar-refractivity contribution in [3.63, 3.8) is 0 Å². The smallest absolute Gasteiger partial charge is 0.330 e. The van der Waals surface area contributed by atoms with Crippen molar-refractivity contribution in [2.24, 2.45) is 0 Å². The molecule has 0 aliphatic rings. The number of unbranched alkanes of at least 4 members (excludes halogenated alkanes) is 1. The molecule has 180 valence electrons. The summed E-state index contributed by atoms with van der Waals surface area (Å²) in [6.45, 7) is 14.8. The lowest BCUT2D eigenvalue weighted by Gasteiger charge is -2.02. The van der Waals surface area contributed by atoms with Crippen LogP contribution in [-0.2, 0) is 4.79 Å². The Bertz CT molecular complexity index is 735. The van der Waals surface area contributed by atoms with Crippen molar-refractivity contribution >= 4 is 5.97 Å². The standard InChI is InChI=1S/C30H48O2/c1-24(2)14-10-17-27(5)20-11-18-25(3)15-8-9-16-26(4)19-12-21-28(6)22-13-23-29(7)30(31)32/h14-16,20-21,23H,8-13,17-19,22H2,1-7H3,(H,31,32). The molecule has 0 fully saturated rings. The van der Waals surface area contributed by atoms with Gasteiger partial charge >= 0.3 is 5.97 Å². The predicted octanol–water partition coefficient (Wildman–Crippen LogP) is 9.67. The molecule has 0 aromatic rings. The minimum absolute atomic E-state index is 0.433. The van der Waals surface area contributed by atoms with Crippen LogP contribution in [0.25, 0.3) is 0 Å². The highest BCUT2D eigenvalue weighted by atomic mass is 16.4. The number of allylic oxidation sites excluding steroid dienone is 11. The molecule has 0 rings (SSSR count). The van der Waals surface area contributed by atoms with Crippen LogP contribution in [0.3, 0.4) is 0 Å². The second-order valence-electron chi connectivity index (χ2n) is 9.41. The molecule has 2 nitrogen and oxygen atoms in total. The molecule has 1 N–H and O–H groups in total. The first-order valence-corrected chi connectivity index (χ1v) is 12.3. The van der Waals surface area contributed by atoms with Crippen molar-refractivity contribution in [2.45, 2.75) is 113 Å². The van der Waals surface area contributed by atoms with Gasteiger partial charge in [-0.05, 0) is 113 Å². The minimum atomic E-state index is -0.824. The van der Waals surface area contributed by atoms with E-state index in [4.69, 9.17) is 5.11 Å². The van der Waals surface area contributed by atoms with E-state index in [9.17, 15) is 4.79 Å². The van der Waals surface area contributed by atoms with Gasteiger partial charge in [0.25, 0.3) is 0 Å². The Hall–Kier alpha value is -2.09. The van der Waals surface area contributed by atoms with E-state index in [1.165, 1.54) is 34.3 Å². The second-order valence-corrected chi connectivity index (χ2v) is 9.41. The average molecular weight is 441 g/mol. The summed E-state index contributed by atoms with van der Waals surface area (Å²) >= 11 is 0. The lowest BCUT2D eigenvalue weighted by atomic mass is 10.0. The Morgan fingerprint density at radius 2 is 0.812 bits per heavy atom. The van der Waals surface area contributed by atoms with Gasteiger partial charge < -0.3 is 5.11 Å². The van der Waals surface area contributed by atoms with Gasteiger partial charge in [0.05, 0.1) is 0 Å². The molecule has 2 heteroatoms. The molecule has 0 atom stereocenters. The Morgan fingerprint density at radius 3 is 1.16 bits per heavy atom. The van der Waals surface area contributed by atoms with Crippen LogP contribution in [0.4, 0.5) is 0 Å². The Balaban J connectivity index is 4.11. The summed E-state index contributed by atoms with van der Waals surface area (Å²) in [5.74, 6) is -0.824. The van der Waals surface area contributed by atoms with Gasteiger partial charge in [-0.3, -0.25) is 0 Å². The number of carboxylic acids is 1. The Kier molecular flexibility index (Phi) is 17.3. The summed E-state index contributed by atoms with van der Waals surface area (Å²) in [6, 6.07) is 0. The molecule has 0 heterocycles. The van der Waals surface area contributed by atoms with Gasteiger partial charge in [0.2, 0.25) is 0 Å². The fourth-order valence-corrected chi connectivity index (χ4v) is 3.35. The third kappa shape index (κ3) is 18.7. The van der Waals surface area contributed by atoms with E-state index in [1.807, 2.05) is 6.08 Å². The highest BCUT2D eigenvalue weighted by molar-refractivity contribution is 5.85. The number of carbonyl (C=O) groups is 1. The molecule has 0 saturated carbocycles. The molecule has 0 spiro atoms. The zero-order valence-electron chi connectivity index (χ0n) is 21.9. The van der Waals surface area contributed by atoms with Crippen LogP contribution in [-0.4, -0.2) is 11.1 Å². The second kappa shape index (κ2) is 18.5. The zero-order valence-corrected chi connectivity index (χ0v) is 21.9. The largest absolute Gasteiger partial charge is 0.478 e. The zero-order chi connectivity index (χ0) is 24.4. The number of hydrogen-bond donors (Lipinski definition) is 1. The summed E-state index contributed by atoms with van der Waals surface area (Å²) in [6.07, 6.45) is 24.4. The highest BCUT2D eigenvalue weighted by Crippen LogP contribution is 2.14. The van der Waals surface area contributed by atoms with Gasteiger partial charge in [-0.2, -0.15) is 0 Å². The molecular weight excluding hydrogens is 392 g/mol. The third-order valence-corrected chi connectivity index (χ3v) is 5.63. The predicted molar refractivity (Wildman–Crippen MR) is 142 cm³/mol. The van der Waals surface area contributed by atoms with Crippen molar-refractivity contribution < 1.29 is 9.90 Å². The van der Waals surface area contributed by atoms with Gasteiger partial charge in [0.1, 0.15) is 0 Å². The molecule has 0 aromatic heterocycles. The fourth-order valence-electron chi connectivity index (χ4n) is 3.35. The lowest BCUT2D eigenvalue weighted by molar-refractivity contribution is -0.132. The highest BCUT2D eigenvalue weighted by Gasteiger charge is 1.98. The number of carboxylic acid groups (broad SMARTS) is 1. The Morgan fingerprint density at radius 1 is 0.500 bits per heavy atom. The fraction of sp³-hybridized carbons (Fsp3) is 0.567. The van der Waals surface area contributed by atoms with Crippen molar-refractivity contribution in [3.8, 4) is 0 Å². The molecule has 0 amide bonds. The molecular formula is C30H48O2. The number of rotatable bonds is 16. The van der Waals surface area contributed by atoms with Crippen molar-refractivity contribution in [2.75, 3.05) is 0 Å². The maximum atomic E-state index is 10.8. The monoisotopic (exact) mass is 440 g/mol. The van der Waals surface area contributed by atoms with E-state index >= 15 is 0 Å². The van der Waals surface area contributed by atoms with Crippen LogP contribution < -0.4 is 0 Å². The molecule has 0 aliphatic heterocycles. The van der Waals surface area contributed by atoms with E-state index < -0.39 is 5.97 Å². The molecule has 0 bridgehead atoms. The van der Waals surface area contributed by atoms with Crippen LogP contribution in [0.1, 0.15) is 113 Å². The van der Waals surface area contributed by atoms with Crippen LogP contribution >= 0.6 is 0 Å². The van der Waals surface area contributed by atoms with Crippen molar-refractivity contribution in [1.29, 1.82) is 0 Å². The normalized spacial score (nSPS) is 14.0. The van der Waals surface area contributed by atoms with Crippen LogP contribution in [0, 0.1) is 0 Å². The molecule has 0 radical (unpaired) electrons. The van der Waals surface area contributed by atoms with Gasteiger partial charge in [-0.1, -0.05) is 64.3 Å². The summed E-state index contributed by atoms with van der Waals surface area (Å²) < 4.78 is 0. The first-order valence-electron chi connectivity index (χ1n) is 12.3. The van der Waals surface area contributed by atoms with Crippen LogP contribution in [0.2, 0.25) is 0 Å². The topological polar surface area (TPSA) is 37.3 Å². The van der Waals surface area contributed by atoms with Crippen molar-refractivity contribution in [1.82, 2.24) is 0 Å². The molecule has 0 unspecified atom stereocenters. The van der Waals surface area contributed by atoms with Gasteiger partial charge in [-0.25, -0.2) is 4.79 Å². The van der Waals surface area contributed by atoms with E-state index in [-0.39, 0.29) is 0 Å². The minimum Gasteiger partial charge on any atom is -0.478 e. The SMILES string of the molecule is CC(C)=CCCC(C)=CCCC(C)=CCCC=C(C)CCC=C(C)CCC=C(C)C(=O)O. The first-order chi connectivity index (χ1) is 15.1. The lowest BCUT2D eigenvalue weighted by Crippen LogP contribution is -1.95. The van der Waals surface area contributed by atoms with Gasteiger partial charge in [0.15, 0.2) is 0 Å².